The molecule has 0 aliphatic carbocycles. The fourth-order valence-corrected chi connectivity index (χ4v) is 0.844. The first-order valence-corrected chi connectivity index (χ1v) is 3.28. The largest absolute Gasteiger partial charge is 0.355 e. The summed E-state index contributed by atoms with van der Waals surface area (Å²) in [6.45, 7) is 1.52. The standard InChI is InChI=1S/C7H10N2O/c10-6-9-5-7-1-3-8-4-2-7/h1,3,6H,2,4-5H2,(H,9,10). The molecular formula is C7H10N2O. The first kappa shape index (κ1) is 6.99. The maximum absolute atomic E-state index is 9.88. The van der Waals surface area contributed by atoms with Crippen molar-refractivity contribution in [3.63, 3.8) is 0 Å². The number of nitrogens with zero attached hydrogens (tertiary/aromatic N) is 1. The Morgan fingerprint density at radius 3 is 3.30 bits per heavy atom. The first-order chi connectivity index (χ1) is 4.93. The Morgan fingerprint density at radius 1 is 1.80 bits per heavy atom. The zero-order chi connectivity index (χ0) is 7.23. The molecule has 0 radical (unpaired) electrons. The molecule has 0 saturated carbocycles. The van der Waals surface area contributed by atoms with Crippen LogP contribution in [0.3, 0.4) is 0 Å². The molecule has 0 unspecified atom stereocenters. The van der Waals surface area contributed by atoms with Crippen LogP contribution >= 0.6 is 0 Å². The molecule has 0 bridgehead atoms. The number of carbonyl (C=O) groups excluding carboxylic acids is 1. The molecule has 0 aromatic heterocycles. The number of hydrogen-bond donors (Lipinski definition) is 1. The molecule has 3 nitrogen and oxygen atoms in total. The molecule has 1 heterocycles. The Balaban J connectivity index is 2.32. The number of nitrogens with one attached hydrogen (secondary N) is 1. The monoisotopic (exact) mass is 138 g/mol. The van der Waals surface area contributed by atoms with Crippen LogP contribution in [0.4, 0.5) is 0 Å². The van der Waals surface area contributed by atoms with Crippen LogP contribution in [0.25, 0.3) is 0 Å². The average molecular weight is 138 g/mol. The molecule has 54 valence electrons. The van der Waals surface area contributed by atoms with E-state index in [1.54, 1.807) is 6.21 Å². The summed E-state index contributed by atoms with van der Waals surface area (Å²) in [6.07, 6.45) is 5.41. The molecule has 1 aliphatic rings. The van der Waals surface area contributed by atoms with Crippen LogP contribution < -0.4 is 5.32 Å². The zero-order valence-corrected chi connectivity index (χ0v) is 5.71. The lowest BCUT2D eigenvalue weighted by Gasteiger charge is -2.06. The average Bonchev–Trinajstić information content (AvgIpc) is 2.03. The summed E-state index contributed by atoms with van der Waals surface area (Å²) >= 11 is 0. The van der Waals surface area contributed by atoms with E-state index in [0.29, 0.717) is 13.0 Å². The predicted molar refractivity (Wildman–Crippen MR) is 40.1 cm³/mol. The van der Waals surface area contributed by atoms with Crippen molar-refractivity contribution >= 4 is 12.6 Å². The van der Waals surface area contributed by atoms with Gasteiger partial charge >= 0.3 is 0 Å². The van der Waals surface area contributed by atoms with Gasteiger partial charge in [0.15, 0.2) is 0 Å². The van der Waals surface area contributed by atoms with Crippen LogP contribution in [0.1, 0.15) is 6.42 Å². The molecule has 1 aliphatic heterocycles. The van der Waals surface area contributed by atoms with Gasteiger partial charge in [-0.15, -0.1) is 0 Å². The minimum Gasteiger partial charge on any atom is -0.355 e. The third-order valence-corrected chi connectivity index (χ3v) is 1.39. The van der Waals surface area contributed by atoms with E-state index in [-0.39, 0.29) is 0 Å². The SMILES string of the molecule is O=CNCC1=CC=NCC1. The summed E-state index contributed by atoms with van der Waals surface area (Å²) in [7, 11) is 0. The number of amides is 1. The van der Waals surface area contributed by atoms with Gasteiger partial charge in [-0.2, -0.15) is 0 Å². The number of hydrogen-bond acceptors (Lipinski definition) is 2. The summed E-state index contributed by atoms with van der Waals surface area (Å²) in [6, 6.07) is 0. The predicted octanol–water partition coefficient (Wildman–Crippen LogP) is 0.133. The molecular weight excluding hydrogens is 128 g/mol. The van der Waals surface area contributed by atoms with Gasteiger partial charge in [0.05, 0.1) is 0 Å². The lowest BCUT2D eigenvalue weighted by Crippen LogP contribution is -2.16. The molecule has 0 aromatic rings. The van der Waals surface area contributed by atoms with Crippen molar-refractivity contribution in [1.82, 2.24) is 5.32 Å². The topological polar surface area (TPSA) is 41.5 Å². The van der Waals surface area contributed by atoms with Crippen LogP contribution in [0.5, 0.6) is 0 Å². The summed E-state index contributed by atoms with van der Waals surface area (Å²) in [5.74, 6) is 0. The van der Waals surface area contributed by atoms with E-state index >= 15 is 0 Å². The van der Waals surface area contributed by atoms with E-state index in [1.165, 1.54) is 5.57 Å². The smallest absolute Gasteiger partial charge is 0.207 e. The number of allylic oxidation sites excluding steroid dienone is 1. The molecule has 0 atom stereocenters. The second kappa shape index (κ2) is 3.82. The second-order valence-electron chi connectivity index (χ2n) is 2.13. The van der Waals surface area contributed by atoms with E-state index < -0.39 is 0 Å². The summed E-state index contributed by atoms with van der Waals surface area (Å²) in [4.78, 5) is 13.9. The van der Waals surface area contributed by atoms with Gasteiger partial charge in [0, 0.05) is 19.3 Å². The zero-order valence-electron chi connectivity index (χ0n) is 5.71. The van der Waals surface area contributed by atoms with E-state index in [0.717, 1.165) is 13.0 Å². The van der Waals surface area contributed by atoms with Gasteiger partial charge in [-0.25, -0.2) is 0 Å². The van der Waals surface area contributed by atoms with Crippen LogP contribution in [0.15, 0.2) is 16.6 Å². The van der Waals surface area contributed by atoms with E-state index in [1.807, 2.05) is 6.08 Å². The molecule has 0 saturated heterocycles. The van der Waals surface area contributed by atoms with Crippen molar-refractivity contribution in [3.05, 3.63) is 11.6 Å². The van der Waals surface area contributed by atoms with Gasteiger partial charge in [0.2, 0.25) is 6.41 Å². The van der Waals surface area contributed by atoms with Gasteiger partial charge in [-0.05, 0) is 18.1 Å². The molecule has 0 fully saturated rings. The van der Waals surface area contributed by atoms with Crippen LogP contribution in [0, 0.1) is 0 Å². The highest BCUT2D eigenvalue weighted by Crippen LogP contribution is 2.02. The highest BCUT2D eigenvalue weighted by molar-refractivity contribution is 5.73. The maximum Gasteiger partial charge on any atom is 0.207 e. The summed E-state index contributed by atoms with van der Waals surface area (Å²) in [5, 5.41) is 2.61. The third-order valence-electron chi connectivity index (χ3n) is 1.39. The fraction of sp³-hybridized carbons (Fsp3) is 0.429. The Bertz CT molecular complexity index is 172. The van der Waals surface area contributed by atoms with Crippen molar-refractivity contribution in [2.24, 2.45) is 4.99 Å². The molecule has 1 N–H and O–H groups in total. The van der Waals surface area contributed by atoms with Crippen molar-refractivity contribution in [2.75, 3.05) is 13.1 Å². The van der Waals surface area contributed by atoms with Gasteiger partial charge in [0.25, 0.3) is 0 Å². The Morgan fingerprint density at radius 2 is 2.70 bits per heavy atom. The second-order valence-corrected chi connectivity index (χ2v) is 2.13. The van der Waals surface area contributed by atoms with Gasteiger partial charge in [-0.3, -0.25) is 9.79 Å². The van der Waals surface area contributed by atoms with E-state index in [9.17, 15) is 4.79 Å². The molecule has 10 heavy (non-hydrogen) atoms. The first-order valence-electron chi connectivity index (χ1n) is 3.28. The van der Waals surface area contributed by atoms with Crippen molar-refractivity contribution in [1.29, 1.82) is 0 Å². The Labute approximate surface area is 59.8 Å². The van der Waals surface area contributed by atoms with Crippen molar-refractivity contribution < 1.29 is 4.79 Å². The summed E-state index contributed by atoms with van der Waals surface area (Å²) in [5.41, 5.74) is 1.24. The highest BCUT2D eigenvalue weighted by atomic mass is 16.1. The third kappa shape index (κ3) is 2.01. The number of dihydropyridines is 1. The minimum atomic E-state index is 0.662. The van der Waals surface area contributed by atoms with Crippen molar-refractivity contribution in [3.8, 4) is 0 Å². The molecule has 1 amide bonds. The number of rotatable bonds is 3. The molecule has 3 heteroatoms. The van der Waals surface area contributed by atoms with Crippen molar-refractivity contribution in [2.45, 2.75) is 6.42 Å². The van der Waals surface area contributed by atoms with E-state index in [2.05, 4.69) is 10.3 Å². The summed E-state index contributed by atoms with van der Waals surface area (Å²) < 4.78 is 0. The maximum atomic E-state index is 9.88. The number of carbonyl (C=O) groups is 1. The lowest BCUT2D eigenvalue weighted by atomic mass is 10.1. The molecule has 0 spiro atoms. The molecule has 1 rings (SSSR count). The quantitative estimate of drug-likeness (QED) is 0.553. The normalized spacial score (nSPS) is 16.2. The molecule has 0 aromatic carbocycles. The fourth-order valence-electron chi connectivity index (χ4n) is 0.844. The van der Waals surface area contributed by atoms with E-state index in [4.69, 9.17) is 0 Å². The van der Waals surface area contributed by atoms with Gasteiger partial charge < -0.3 is 5.32 Å². The van der Waals surface area contributed by atoms with Crippen LogP contribution in [0.2, 0.25) is 0 Å². The Hall–Kier alpha value is -1.12. The number of aliphatic imine (C=N–C) groups is 1. The lowest BCUT2D eigenvalue weighted by molar-refractivity contribution is -0.109. The van der Waals surface area contributed by atoms with Crippen LogP contribution in [-0.4, -0.2) is 25.7 Å². The van der Waals surface area contributed by atoms with Crippen LogP contribution in [-0.2, 0) is 4.79 Å². The van der Waals surface area contributed by atoms with Gasteiger partial charge in [0.1, 0.15) is 0 Å². The minimum absolute atomic E-state index is 0.662. The Kier molecular flexibility index (Phi) is 2.67. The highest BCUT2D eigenvalue weighted by Gasteiger charge is 1.97. The van der Waals surface area contributed by atoms with Gasteiger partial charge in [-0.1, -0.05) is 0 Å².